The van der Waals surface area contributed by atoms with Crippen LogP contribution in [0.1, 0.15) is 5.56 Å². The summed E-state index contributed by atoms with van der Waals surface area (Å²) in [5, 5.41) is 2.57. The molecule has 0 fully saturated rings. The van der Waals surface area contributed by atoms with E-state index in [2.05, 4.69) is 5.32 Å². The predicted octanol–water partition coefficient (Wildman–Crippen LogP) is 2.08. The van der Waals surface area contributed by atoms with Gasteiger partial charge in [-0.05, 0) is 30.3 Å². The quantitative estimate of drug-likeness (QED) is 0.705. The number of carbonyl (C=O) groups excluding carboxylic acids is 2. The molecule has 11 heteroatoms. The van der Waals surface area contributed by atoms with Crippen molar-refractivity contribution in [1.29, 1.82) is 0 Å². The maximum Gasteiger partial charge on any atom is 0.416 e. The van der Waals surface area contributed by atoms with Crippen molar-refractivity contribution in [3.63, 3.8) is 0 Å². The van der Waals surface area contributed by atoms with Crippen LogP contribution in [-0.2, 0) is 25.8 Å². The van der Waals surface area contributed by atoms with Crippen molar-refractivity contribution >= 4 is 27.5 Å². The lowest BCUT2D eigenvalue weighted by Crippen LogP contribution is -2.41. The Morgan fingerprint density at radius 1 is 1.03 bits per heavy atom. The molecule has 2 amide bonds. The number of anilines is 1. The van der Waals surface area contributed by atoms with Crippen LogP contribution in [0.2, 0.25) is 0 Å². The highest BCUT2D eigenvalue weighted by Gasteiger charge is 2.31. The molecule has 156 valence electrons. The number of nitrogens with one attached hydrogen (secondary N) is 2. The smallest absolute Gasteiger partial charge is 0.335 e. The van der Waals surface area contributed by atoms with Crippen LogP contribution >= 0.6 is 0 Å². The molecule has 0 aliphatic heterocycles. The normalized spacial score (nSPS) is 11.7. The first-order chi connectivity index (χ1) is 13.5. The first kappa shape index (κ1) is 22.4. The first-order valence-corrected chi connectivity index (χ1v) is 9.73. The minimum Gasteiger partial charge on any atom is -0.335 e. The van der Waals surface area contributed by atoms with Gasteiger partial charge in [0.25, 0.3) is 0 Å². The van der Waals surface area contributed by atoms with E-state index in [4.69, 9.17) is 0 Å². The molecule has 2 N–H and O–H groups in total. The van der Waals surface area contributed by atoms with Crippen molar-refractivity contribution in [2.45, 2.75) is 11.1 Å². The highest BCUT2D eigenvalue weighted by Crippen LogP contribution is 2.30. The van der Waals surface area contributed by atoms with Gasteiger partial charge in [-0.25, -0.2) is 13.1 Å². The summed E-state index contributed by atoms with van der Waals surface area (Å²) in [7, 11) is -3.05. The van der Waals surface area contributed by atoms with E-state index in [0.29, 0.717) is 11.8 Å². The molecule has 0 spiro atoms. The summed E-state index contributed by atoms with van der Waals surface area (Å²) in [6, 6.07) is 11.7. The molecule has 0 atom stereocenters. The lowest BCUT2D eigenvalue weighted by atomic mass is 10.2. The second-order valence-electron chi connectivity index (χ2n) is 6.01. The molecule has 0 aliphatic carbocycles. The Kier molecular flexibility index (Phi) is 6.98. The molecule has 0 bridgehead atoms. The summed E-state index contributed by atoms with van der Waals surface area (Å²) in [6.07, 6.45) is -4.70. The van der Waals surface area contributed by atoms with Gasteiger partial charge < -0.3 is 10.2 Å². The summed E-state index contributed by atoms with van der Waals surface area (Å²) >= 11 is 0. The van der Waals surface area contributed by atoms with E-state index in [1.807, 2.05) is 4.72 Å². The summed E-state index contributed by atoms with van der Waals surface area (Å²) in [4.78, 5) is 24.4. The molecule has 2 rings (SSSR count). The number of para-hydroxylation sites is 1. The molecule has 7 nitrogen and oxygen atoms in total. The third-order valence-corrected chi connectivity index (χ3v) is 5.15. The molecule has 0 saturated carbocycles. The molecule has 0 heterocycles. The Bertz CT molecular complexity index is 979. The van der Waals surface area contributed by atoms with Gasteiger partial charge in [0.2, 0.25) is 21.8 Å². The van der Waals surface area contributed by atoms with E-state index < -0.39 is 45.0 Å². The second kappa shape index (κ2) is 9.05. The van der Waals surface area contributed by atoms with Gasteiger partial charge in [-0.15, -0.1) is 0 Å². The van der Waals surface area contributed by atoms with Crippen LogP contribution in [0, 0.1) is 0 Å². The topological polar surface area (TPSA) is 95.6 Å². The average Bonchev–Trinajstić information content (AvgIpc) is 2.66. The van der Waals surface area contributed by atoms with Crippen LogP contribution in [0.4, 0.5) is 18.9 Å². The van der Waals surface area contributed by atoms with Crippen LogP contribution in [-0.4, -0.2) is 45.3 Å². The fourth-order valence-corrected chi connectivity index (χ4v) is 3.26. The number of hydrogen-bond donors (Lipinski definition) is 2. The summed E-state index contributed by atoms with van der Waals surface area (Å²) in [5.41, 5.74) is -0.593. The van der Waals surface area contributed by atoms with Crippen LogP contribution in [0.3, 0.4) is 0 Å². The molecule has 0 unspecified atom stereocenters. The number of sulfonamides is 1. The van der Waals surface area contributed by atoms with Gasteiger partial charge in [0.15, 0.2) is 0 Å². The molecule has 2 aromatic rings. The lowest BCUT2D eigenvalue weighted by Gasteiger charge is -2.17. The monoisotopic (exact) mass is 429 g/mol. The highest BCUT2D eigenvalue weighted by atomic mass is 32.2. The van der Waals surface area contributed by atoms with E-state index in [0.717, 1.165) is 23.1 Å². The van der Waals surface area contributed by atoms with E-state index in [1.54, 1.807) is 30.3 Å². The van der Waals surface area contributed by atoms with Crippen molar-refractivity contribution in [2.24, 2.45) is 0 Å². The van der Waals surface area contributed by atoms with Crippen molar-refractivity contribution in [3.05, 3.63) is 60.2 Å². The summed E-state index contributed by atoms with van der Waals surface area (Å²) < 4.78 is 64.5. The van der Waals surface area contributed by atoms with E-state index in [9.17, 15) is 31.2 Å². The molecule has 0 radical (unpaired) electrons. The van der Waals surface area contributed by atoms with Gasteiger partial charge in [-0.3, -0.25) is 9.59 Å². The average molecular weight is 429 g/mol. The third kappa shape index (κ3) is 6.57. The summed E-state index contributed by atoms with van der Waals surface area (Å²) in [5.74, 6) is -1.23. The zero-order valence-corrected chi connectivity index (χ0v) is 16.0. The van der Waals surface area contributed by atoms with Gasteiger partial charge >= 0.3 is 6.18 Å². The number of carbonyl (C=O) groups is 2. The maximum absolute atomic E-state index is 12.7. The van der Waals surface area contributed by atoms with Gasteiger partial charge in [0.1, 0.15) is 0 Å². The lowest BCUT2D eigenvalue weighted by molar-refractivity contribution is -0.137. The zero-order chi connectivity index (χ0) is 21.7. The minimum absolute atomic E-state index is 0.334. The Morgan fingerprint density at radius 3 is 2.31 bits per heavy atom. The van der Waals surface area contributed by atoms with Crippen molar-refractivity contribution in [1.82, 2.24) is 9.62 Å². The second-order valence-corrected chi connectivity index (χ2v) is 7.78. The Morgan fingerprint density at radius 2 is 1.69 bits per heavy atom. The first-order valence-electron chi connectivity index (χ1n) is 8.25. The number of rotatable bonds is 7. The molecular formula is C18H18F3N3O4S. The SMILES string of the molecule is CN(CC(=O)Nc1ccccc1)C(=O)CNS(=O)(=O)c1cccc(C(F)(F)F)c1. The van der Waals surface area contributed by atoms with Crippen LogP contribution < -0.4 is 10.0 Å². The number of nitrogens with zero attached hydrogens (tertiary/aromatic N) is 1. The van der Waals surface area contributed by atoms with Crippen LogP contribution in [0.15, 0.2) is 59.5 Å². The van der Waals surface area contributed by atoms with E-state index >= 15 is 0 Å². The Hall–Kier alpha value is -2.92. The van der Waals surface area contributed by atoms with Gasteiger partial charge in [0, 0.05) is 12.7 Å². The van der Waals surface area contributed by atoms with E-state index in [-0.39, 0.29) is 6.54 Å². The van der Waals surface area contributed by atoms with Crippen LogP contribution in [0.5, 0.6) is 0 Å². The Balaban J connectivity index is 1.94. The van der Waals surface area contributed by atoms with Crippen molar-refractivity contribution in [2.75, 3.05) is 25.5 Å². The standard InChI is InChI=1S/C18H18F3N3O4S/c1-24(12-16(25)23-14-7-3-2-4-8-14)17(26)11-22-29(27,28)15-9-5-6-13(10-15)18(19,20)21/h2-10,22H,11-12H2,1H3,(H,23,25). The number of amides is 2. The number of hydrogen-bond acceptors (Lipinski definition) is 4. The van der Waals surface area contributed by atoms with Crippen molar-refractivity contribution < 1.29 is 31.2 Å². The number of benzene rings is 2. The molecule has 2 aromatic carbocycles. The summed E-state index contributed by atoms with van der Waals surface area (Å²) in [6.45, 7) is -1.05. The van der Waals surface area contributed by atoms with E-state index in [1.165, 1.54) is 7.05 Å². The molecule has 0 saturated heterocycles. The highest BCUT2D eigenvalue weighted by molar-refractivity contribution is 7.89. The van der Waals surface area contributed by atoms with Gasteiger partial charge in [-0.1, -0.05) is 24.3 Å². The largest absolute Gasteiger partial charge is 0.416 e. The maximum atomic E-state index is 12.7. The van der Waals surface area contributed by atoms with Crippen LogP contribution in [0.25, 0.3) is 0 Å². The van der Waals surface area contributed by atoms with Gasteiger partial charge in [-0.2, -0.15) is 13.2 Å². The third-order valence-electron chi connectivity index (χ3n) is 3.75. The molecule has 29 heavy (non-hydrogen) atoms. The molecule has 0 aromatic heterocycles. The Labute approximate surface area is 165 Å². The fraction of sp³-hybridized carbons (Fsp3) is 0.222. The molecular weight excluding hydrogens is 411 g/mol. The number of likely N-dealkylation sites (N-methyl/N-ethyl adjacent to an activating group) is 1. The molecule has 0 aliphatic rings. The fourth-order valence-electron chi connectivity index (χ4n) is 2.24. The van der Waals surface area contributed by atoms with Gasteiger partial charge in [0.05, 0.1) is 23.5 Å². The number of halogens is 3. The minimum atomic E-state index is -4.70. The number of alkyl halides is 3. The van der Waals surface area contributed by atoms with Crippen molar-refractivity contribution in [3.8, 4) is 0 Å². The predicted molar refractivity (Wildman–Crippen MR) is 99.3 cm³/mol. The zero-order valence-electron chi connectivity index (χ0n) is 15.2.